The first-order valence-electron chi connectivity index (χ1n) is 11.6. The molecule has 0 bridgehead atoms. The van der Waals surface area contributed by atoms with Crippen molar-refractivity contribution in [3.8, 4) is 28.4 Å². The van der Waals surface area contributed by atoms with Gasteiger partial charge < -0.3 is 19.3 Å². The van der Waals surface area contributed by atoms with Gasteiger partial charge >= 0.3 is 0 Å². The fraction of sp³-hybridized carbons (Fsp3) is 0.407. The molecular formula is C27H36N4O3. The van der Waals surface area contributed by atoms with E-state index in [2.05, 4.69) is 23.8 Å². The van der Waals surface area contributed by atoms with Crippen LogP contribution >= 0.6 is 0 Å². The predicted molar refractivity (Wildman–Crippen MR) is 136 cm³/mol. The summed E-state index contributed by atoms with van der Waals surface area (Å²) >= 11 is 0. The van der Waals surface area contributed by atoms with Crippen molar-refractivity contribution in [2.75, 3.05) is 48.5 Å². The highest BCUT2D eigenvalue weighted by Gasteiger charge is 2.21. The van der Waals surface area contributed by atoms with E-state index in [0.717, 1.165) is 35.5 Å². The Morgan fingerprint density at radius 2 is 1.68 bits per heavy atom. The van der Waals surface area contributed by atoms with E-state index in [0.29, 0.717) is 23.6 Å². The molecule has 0 unspecified atom stereocenters. The summed E-state index contributed by atoms with van der Waals surface area (Å²) in [5.41, 5.74) is 4.35. The van der Waals surface area contributed by atoms with Gasteiger partial charge in [-0.15, -0.1) is 0 Å². The fourth-order valence-electron chi connectivity index (χ4n) is 4.08. The second kappa shape index (κ2) is 11.2. The van der Waals surface area contributed by atoms with E-state index < -0.39 is 0 Å². The molecule has 0 aliphatic rings. The normalized spacial score (nSPS) is 11.2. The number of carbonyl (C=O) groups excluding carboxylic acids is 1. The zero-order valence-corrected chi connectivity index (χ0v) is 21.3. The molecule has 3 aromatic rings. The summed E-state index contributed by atoms with van der Waals surface area (Å²) in [7, 11) is 9.24. The van der Waals surface area contributed by atoms with Crippen LogP contribution in [0, 0.1) is 0 Å². The molecule has 2 aromatic carbocycles. The number of carbonyl (C=O) groups is 1. The number of rotatable bonds is 10. The Hall–Kier alpha value is -3.32. The minimum atomic E-state index is 0.0271. The number of aromatic nitrogens is 2. The number of methoxy groups -OCH3 is 2. The van der Waals surface area contributed by atoms with Gasteiger partial charge in [-0.25, -0.2) is 4.68 Å². The zero-order valence-electron chi connectivity index (χ0n) is 21.3. The first-order chi connectivity index (χ1) is 16.3. The summed E-state index contributed by atoms with van der Waals surface area (Å²) in [6.45, 7) is 5.91. The molecule has 1 aromatic heterocycles. The lowest BCUT2D eigenvalue weighted by atomic mass is 9.97. The molecule has 1 heterocycles. The van der Waals surface area contributed by atoms with Gasteiger partial charge in [-0.05, 0) is 74.9 Å². The average Bonchev–Trinajstić information content (AvgIpc) is 3.31. The summed E-state index contributed by atoms with van der Waals surface area (Å²) in [4.78, 5) is 17.0. The number of hydrogen-bond donors (Lipinski definition) is 0. The monoisotopic (exact) mass is 464 g/mol. The third-order valence-corrected chi connectivity index (χ3v) is 5.90. The van der Waals surface area contributed by atoms with Crippen molar-refractivity contribution in [1.82, 2.24) is 19.6 Å². The number of hydrogen-bond acceptors (Lipinski definition) is 5. The molecule has 7 heteroatoms. The van der Waals surface area contributed by atoms with Crippen molar-refractivity contribution in [2.45, 2.75) is 26.2 Å². The van der Waals surface area contributed by atoms with Gasteiger partial charge in [0.15, 0.2) is 0 Å². The van der Waals surface area contributed by atoms with Crippen LogP contribution in [0.15, 0.2) is 48.7 Å². The summed E-state index contributed by atoms with van der Waals surface area (Å²) in [5.74, 6) is 1.63. The number of ether oxygens (including phenoxy) is 2. The van der Waals surface area contributed by atoms with E-state index >= 15 is 0 Å². The van der Waals surface area contributed by atoms with Gasteiger partial charge in [0.2, 0.25) is 0 Å². The Morgan fingerprint density at radius 1 is 1.00 bits per heavy atom. The summed E-state index contributed by atoms with van der Waals surface area (Å²) in [6, 6.07) is 13.5. The maximum Gasteiger partial charge on any atom is 0.253 e. The lowest BCUT2D eigenvalue weighted by Crippen LogP contribution is -2.30. The topological polar surface area (TPSA) is 59.8 Å². The smallest absolute Gasteiger partial charge is 0.253 e. The molecular weight excluding hydrogens is 428 g/mol. The molecule has 0 aliphatic heterocycles. The van der Waals surface area contributed by atoms with Crippen LogP contribution in [0.1, 0.15) is 42.1 Å². The number of nitrogens with zero attached hydrogens (tertiary/aromatic N) is 4. The number of benzene rings is 2. The Bertz CT molecular complexity index is 1100. The van der Waals surface area contributed by atoms with Gasteiger partial charge in [-0.1, -0.05) is 19.9 Å². The average molecular weight is 465 g/mol. The van der Waals surface area contributed by atoms with Crippen LogP contribution in [0.4, 0.5) is 0 Å². The maximum absolute atomic E-state index is 13.1. The zero-order chi connectivity index (χ0) is 24.8. The molecule has 0 fully saturated rings. The first-order valence-corrected chi connectivity index (χ1v) is 11.6. The Balaban J connectivity index is 2.01. The summed E-state index contributed by atoms with van der Waals surface area (Å²) < 4.78 is 13.2. The van der Waals surface area contributed by atoms with Crippen LogP contribution in [0.3, 0.4) is 0 Å². The molecule has 0 radical (unpaired) electrons. The van der Waals surface area contributed by atoms with Crippen LogP contribution in [-0.4, -0.2) is 73.9 Å². The van der Waals surface area contributed by atoms with Gasteiger partial charge in [0.25, 0.3) is 5.91 Å². The number of amides is 1. The molecule has 34 heavy (non-hydrogen) atoms. The minimum Gasteiger partial charge on any atom is -0.496 e. The van der Waals surface area contributed by atoms with E-state index in [1.165, 1.54) is 0 Å². The molecule has 3 rings (SSSR count). The van der Waals surface area contributed by atoms with Crippen molar-refractivity contribution in [3.63, 3.8) is 0 Å². The fourth-order valence-corrected chi connectivity index (χ4v) is 4.08. The second-order valence-corrected chi connectivity index (χ2v) is 8.98. The second-order valence-electron chi connectivity index (χ2n) is 8.98. The van der Waals surface area contributed by atoms with Crippen molar-refractivity contribution in [3.05, 3.63) is 59.8 Å². The van der Waals surface area contributed by atoms with E-state index in [-0.39, 0.29) is 11.8 Å². The predicted octanol–water partition coefficient (Wildman–Crippen LogP) is 4.70. The first kappa shape index (κ1) is 25.3. The van der Waals surface area contributed by atoms with Crippen molar-refractivity contribution < 1.29 is 14.3 Å². The minimum absolute atomic E-state index is 0.0271. The highest BCUT2D eigenvalue weighted by atomic mass is 16.5. The Morgan fingerprint density at radius 3 is 2.26 bits per heavy atom. The molecule has 0 spiro atoms. The third kappa shape index (κ3) is 5.42. The maximum atomic E-state index is 13.1. The molecule has 7 nitrogen and oxygen atoms in total. The molecule has 1 amide bonds. The van der Waals surface area contributed by atoms with Gasteiger partial charge in [-0.3, -0.25) is 4.79 Å². The van der Waals surface area contributed by atoms with Crippen molar-refractivity contribution in [1.29, 1.82) is 0 Å². The van der Waals surface area contributed by atoms with Crippen LogP contribution in [0.5, 0.6) is 11.5 Å². The van der Waals surface area contributed by atoms with Gasteiger partial charge in [0, 0.05) is 19.2 Å². The van der Waals surface area contributed by atoms with Gasteiger partial charge in [0.1, 0.15) is 11.5 Å². The van der Waals surface area contributed by atoms with E-state index in [1.54, 1.807) is 25.3 Å². The molecule has 0 saturated carbocycles. The molecule has 0 saturated heterocycles. The van der Waals surface area contributed by atoms with Crippen LogP contribution in [0.25, 0.3) is 16.9 Å². The molecule has 182 valence electrons. The Labute approximate surface area is 202 Å². The van der Waals surface area contributed by atoms with Crippen molar-refractivity contribution in [2.24, 2.45) is 0 Å². The standard InChI is InChI=1S/C27H36N4O3/c1-19(2)21-18-20(27(32)30(5)17-9-16-29(3)4)12-13-22(21)31-23(14-15-28-31)26-24(33-6)10-8-11-25(26)34-7/h8,10-15,18-19H,9,16-17H2,1-7H3. The summed E-state index contributed by atoms with van der Waals surface area (Å²) in [6.07, 6.45) is 2.70. The largest absolute Gasteiger partial charge is 0.496 e. The van der Waals surface area contributed by atoms with Gasteiger partial charge in [-0.2, -0.15) is 5.10 Å². The van der Waals surface area contributed by atoms with Gasteiger partial charge in [0.05, 0.1) is 37.4 Å². The van der Waals surface area contributed by atoms with E-state index in [4.69, 9.17) is 9.47 Å². The lowest BCUT2D eigenvalue weighted by Gasteiger charge is -2.21. The van der Waals surface area contributed by atoms with Crippen molar-refractivity contribution >= 4 is 5.91 Å². The van der Waals surface area contributed by atoms with Crippen LogP contribution in [-0.2, 0) is 0 Å². The van der Waals surface area contributed by atoms with Crippen LogP contribution < -0.4 is 9.47 Å². The Kier molecular flexibility index (Phi) is 8.34. The van der Waals surface area contributed by atoms with E-state index in [1.807, 2.05) is 68.3 Å². The molecule has 0 atom stereocenters. The molecule has 0 N–H and O–H groups in total. The third-order valence-electron chi connectivity index (χ3n) is 5.90. The summed E-state index contributed by atoms with van der Waals surface area (Å²) in [5, 5.41) is 4.63. The molecule has 0 aliphatic carbocycles. The van der Waals surface area contributed by atoms with Crippen LogP contribution in [0.2, 0.25) is 0 Å². The lowest BCUT2D eigenvalue weighted by molar-refractivity contribution is 0.0790. The highest BCUT2D eigenvalue weighted by molar-refractivity contribution is 5.94. The highest BCUT2D eigenvalue weighted by Crippen LogP contribution is 2.39. The SMILES string of the molecule is COc1cccc(OC)c1-c1ccnn1-c1ccc(C(=O)N(C)CCCN(C)C)cc1C(C)C. The van der Waals surface area contributed by atoms with E-state index in [9.17, 15) is 4.79 Å². The quantitative estimate of drug-likeness (QED) is 0.435.